The maximum absolute atomic E-state index is 9.73. The quantitative estimate of drug-likeness (QED) is 0.874. The van der Waals surface area contributed by atoms with Crippen LogP contribution in [0.2, 0.25) is 5.02 Å². The van der Waals surface area contributed by atoms with E-state index in [4.69, 9.17) is 16.3 Å². The second-order valence-corrected chi connectivity index (χ2v) is 6.06. The summed E-state index contributed by atoms with van der Waals surface area (Å²) in [4.78, 5) is 2.54. The van der Waals surface area contributed by atoms with Gasteiger partial charge in [0.2, 0.25) is 0 Å². The van der Waals surface area contributed by atoms with Gasteiger partial charge in [-0.25, -0.2) is 0 Å². The van der Waals surface area contributed by atoms with E-state index in [2.05, 4.69) is 19.1 Å². The van der Waals surface area contributed by atoms with Gasteiger partial charge in [0.1, 0.15) is 12.4 Å². The fourth-order valence-electron chi connectivity index (χ4n) is 1.82. The first-order valence-electron chi connectivity index (χ1n) is 6.28. The van der Waals surface area contributed by atoms with Gasteiger partial charge in [-0.05, 0) is 43.7 Å². The third kappa shape index (κ3) is 3.72. The molecule has 1 N–H and O–H groups in total. The van der Waals surface area contributed by atoms with Crippen molar-refractivity contribution in [2.75, 3.05) is 0 Å². The maximum Gasteiger partial charge on any atom is 0.125 e. The molecule has 1 atom stereocenters. The largest absolute Gasteiger partial charge is 0.488 e. The normalized spacial score (nSPS) is 12.4. The number of hydrogen-bond donors (Lipinski definition) is 1. The number of halogens is 1. The number of rotatable bonds is 5. The molecule has 0 amide bonds. The van der Waals surface area contributed by atoms with E-state index >= 15 is 0 Å². The average molecular weight is 297 g/mol. The maximum atomic E-state index is 9.73. The van der Waals surface area contributed by atoms with Crippen molar-refractivity contribution in [3.8, 4) is 5.75 Å². The van der Waals surface area contributed by atoms with Crippen molar-refractivity contribution in [3.05, 3.63) is 50.7 Å². The molecular formula is C15H17ClO2S. The lowest BCUT2D eigenvalue weighted by Gasteiger charge is -2.13. The van der Waals surface area contributed by atoms with Crippen LogP contribution in [0.3, 0.4) is 0 Å². The molecule has 2 rings (SSSR count). The zero-order valence-electron chi connectivity index (χ0n) is 11.0. The lowest BCUT2D eigenvalue weighted by Crippen LogP contribution is -2.00. The first kappa shape index (κ1) is 14.4. The number of ether oxygens (including phenoxy) is 1. The van der Waals surface area contributed by atoms with Gasteiger partial charge in [0.25, 0.3) is 0 Å². The lowest BCUT2D eigenvalue weighted by atomic mass is 10.1. The number of aliphatic hydroxyl groups is 1. The molecule has 0 unspecified atom stereocenters. The van der Waals surface area contributed by atoms with Gasteiger partial charge in [-0.3, -0.25) is 0 Å². The summed E-state index contributed by atoms with van der Waals surface area (Å²) in [5, 5.41) is 10.3. The molecule has 102 valence electrons. The molecule has 0 spiro atoms. The topological polar surface area (TPSA) is 29.5 Å². The smallest absolute Gasteiger partial charge is 0.125 e. The molecule has 0 aliphatic heterocycles. The summed E-state index contributed by atoms with van der Waals surface area (Å²) in [6.07, 6.45) is 0.452. The summed E-state index contributed by atoms with van der Waals surface area (Å²) in [5.74, 6) is 0.686. The van der Waals surface area contributed by atoms with Gasteiger partial charge in [-0.1, -0.05) is 18.5 Å². The molecule has 0 radical (unpaired) electrons. The minimum Gasteiger partial charge on any atom is -0.488 e. The molecule has 19 heavy (non-hydrogen) atoms. The van der Waals surface area contributed by atoms with Crippen LogP contribution in [0.4, 0.5) is 0 Å². The van der Waals surface area contributed by atoms with Crippen LogP contribution in [0.25, 0.3) is 0 Å². The monoisotopic (exact) mass is 296 g/mol. The van der Waals surface area contributed by atoms with Crippen molar-refractivity contribution >= 4 is 22.9 Å². The van der Waals surface area contributed by atoms with Crippen LogP contribution < -0.4 is 4.74 Å². The summed E-state index contributed by atoms with van der Waals surface area (Å²) in [6.45, 7) is 4.37. The molecular weight excluding hydrogens is 280 g/mol. The van der Waals surface area contributed by atoms with Crippen LogP contribution in [0.5, 0.6) is 5.75 Å². The zero-order chi connectivity index (χ0) is 13.8. The first-order chi connectivity index (χ1) is 9.10. The third-order valence-electron chi connectivity index (χ3n) is 2.86. The van der Waals surface area contributed by atoms with Crippen LogP contribution in [0, 0.1) is 0 Å². The second kappa shape index (κ2) is 6.42. The molecule has 2 aromatic rings. The van der Waals surface area contributed by atoms with E-state index in [9.17, 15) is 5.11 Å². The van der Waals surface area contributed by atoms with Crippen LogP contribution in [-0.4, -0.2) is 5.11 Å². The van der Waals surface area contributed by atoms with Crippen molar-refractivity contribution in [3.63, 3.8) is 0 Å². The Morgan fingerprint density at radius 2 is 2.00 bits per heavy atom. The minimum absolute atomic E-state index is 0.520. The van der Waals surface area contributed by atoms with Crippen molar-refractivity contribution in [2.24, 2.45) is 0 Å². The van der Waals surface area contributed by atoms with Crippen LogP contribution in [-0.2, 0) is 13.0 Å². The standard InChI is InChI=1S/C15H17ClO2S/c1-3-12-5-6-13(19-12)9-18-15-7-4-11(16)8-14(15)10(2)17/h4-8,10,17H,3,9H2,1-2H3/t10-/m1/s1. The van der Waals surface area contributed by atoms with Crippen molar-refractivity contribution < 1.29 is 9.84 Å². The van der Waals surface area contributed by atoms with Gasteiger partial charge in [0, 0.05) is 20.3 Å². The van der Waals surface area contributed by atoms with Gasteiger partial charge < -0.3 is 9.84 Å². The van der Waals surface area contributed by atoms with Gasteiger partial charge in [-0.15, -0.1) is 11.3 Å². The fraction of sp³-hybridized carbons (Fsp3) is 0.333. The van der Waals surface area contributed by atoms with Crippen molar-refractivity contribution in [1.29, 1.82) is 0 Å². The summed E-state index contributed by atoms with van der Waals surface area (Å²) in [7, 11) is 0. The highest BCUT2D eigenvalue weighted by molar-refractivity contribution is 7.11. The Morgan fingerprint density at radius 1 is 1.26 bits per heavy atom. The molecule has 0 aliphatic rings. The van der Waals surface area contributed by atoms with E-state index in [1.54, 1.807) is 36.5 Å². The Bertz CT molecular complexity index is 549. The predicted molar refractivity (Wildman–Crippen MR) is 80.1 cm³/mol. The highest BCUT2D eigenvalue weighted by Crippen LogP contribution is 2.29. The van der Waals surface area contributed by atoms with Gasteiger partial charge in [0.15, 0.2) is 0 Å². The molecule has 1 heterocycles. The zero-order valence-corrected chi connectivity index (χ0v) is 12.6. The van der Waals surface area contributed by atoms with Gasteiger partial charge >= 0.3 is 0 Å². The third-order valence-corrected chi connectivity index (χ3v) is 4.30. The minimum atomic E-state index is -0.594. The molecule has 0 aliphatic carbocycles. The number of thiophene rings is 1. The second-order valence-electron chi connectivity index (χ2n) is 4.37. The highest BCUT2D eigenvalue weighted by Gasteiger charge is 2.10. The van der Waals surface area contributed by atoms with E-state index < -0.39 is 6.10 Å². The van der Waals surface area contributed by atoms with Gasteiger partial charge in [-0.2, -0.15) is 0 Å². The molecule has 1 aromatic heterocycles. The van der Waals surface area contributed by atoms with E-state index in [1.165, 1.54) is 9.75 Å². The van der Waals surface area contributed by atoms with Crippen molar-refractivity contribution in [2.45, 2.75) is 33.0 Å². The number of aryl methyl sites for hydroxylation is 1. The molecule has 0 saturated heterocycles. The number of aliphatic hydroxyl groups excluding tert-OH is 1. The summed E-state index contributed by atoms with van der Waals surface area (Å²) in [5.41, 5.74) is 0.722. The van der Waals surface area contributed by atoms with Crippen LogP contribution >= 0.6 is 22.9 Å². The number of hydrogen-bond acceptors (Lipinski definition) is 3. The number of benzene rings is 1. The Hall–Kier alpha value is -1.03. The Balaban J connectivity index is 2.10. The Labute approximate surface area is 122 Å². The first-order valence-corrected chi connectivity index (χ1v) is 7.47. The molecule has 0 saturated carbocycles. The fourth-order valence-corrected chi connectivity index (χ4v) is 2.87. The van der Waals surface area contributed by atoms with E-state index in [0.717, 1.165) is 12.0 Å². The van der Waals surface area contributed by atoms with Crippen molar-refractivity contribution in [1.82, 2.24) is 0 Å². The van der Waals surface area contributed by atoms with E-state index in [0.29, 0.717) is 17.4 Å². The van der Waals surface area contributed by atoms with Crippen LogP contribution in [0.15, 0.2) is 30.3 Å². The predicted octanol–water partition coefficient (Wildman–Crippen LogP) is 4.60. The van der Waals surface area contributed by atoms with Gasteiger partial charge in [0.05, 0.1) is 6.10 Å². The summed E-state index contributed by atoms with van der Waals surface area (Å²) < 4.78 is 5.79. The SMILES string of the molecule is CCc1ccc(COc2ccc(Cl)cc2[C@@H](C)O)s1. The molecule has 0 bridgehead atoms. The molecule has 4 heteroatoms. The average Bonchev–Trinajstić information content (AvgIpc) is 2.85. The molecule has 0 fully saturated rings. The Kier molecular flexibility index (Phi) is 4.86. The lowest BCUT2D eigenvalue weighted by molar-refractivity contribution is 0.190. The summed E-state index contributed by atoms with van der Waals surface area (Å²) >= 11 is 7.69. The molecule has 1 aromatic carbocycles. The molecule has 2 nitrogen and oxygen atoms in total. The summed E-state index contributed by atoms with van der Waals surface area (Å²) in [6, 6.07) is 9.53. The van der Waals surface area contributed by atoms with Crippen LogP contribution in [0.1, 0.15) is 35.3 Å². The van der Waals surface area contributed by atoms with E-state index in [-0.39, 0.29) is 0 Å². The highest BCUT2D eigenvalue weighted by atomic mass is 35.5. The Morgan fingerprint density at radius 3 is 2.63 bits per heavy atom. The van der Waals surface area contributed by atoms with E-state index in [1.807, 2.05) is 0 Å².